The first-order valence-electron chi connectivity index (χ1n) is 4.96. The van der Waals surface area contributed by atoms with Gasteiger partial charge in [-0.15, -0.1) is 0 Å². The molecule has 0 spiro atoms. The van der Waals surface area contributed by atoms with Crippen molar-refractivity contribution in [2.45, 2.75) is 13.0 Å². The van der Waals surface area contributed by atoms with E-state index in [1.165, 1.54) is 12.1 Å². The van der Waals surface area contributed by atoms with E-state index >= 15 is 0 Å². The summed E-state index contributed by atoms with van der Waals surface area (Å²) in [6.45, 7) is 1.21. The zero-order valence-corrected chi connectivity index (χ0v) is 9.25. The lowest BCUT2D eigenvalue weighted by Gasteiger charge is -2.12. The molecular formula is C10H14N2O5. The van der Waals surface area contributed by atoms with E-state index in [1.807, 2.05) is 0 Å². The quantitative estimate of drug-likeness (QED) is 0.337. The highest BCUT2D eigenvalue weighted by Gasteiger charge is 2.18. The average Bonchev–Trinajstić information content (AvgIpc) is 2.28. The molecule has 0 fully saturated rings. The maximum atomic E-state index is 10.6. The Hall–Kier alpha value is -1.86. The van der Waals surface area contributed by atoms with Crippen molar-refractivity contribution in [1.82, 2.24) is 0 Å². The van der Waals surface area contributed by atoms with Crippen LogP contribution in [0.2, 0.25) is 0 Å². The van der Waals surface area contributed by atoms with E-state index in [2.05, 4.69) is 5.32 Å². The van der Waals surface area contributed by atoms with Crippen molar-refractivity contribution in [3.05, 3.63) is 27.8 Å². The number of nitro benzene ring substituents is 1. The van der Waals surface area contributed by atoms with Gasteiger partial charge in [0.1, 0.15) is 0 Å². The molecule has 1 atom stereocenters. The SMILES string of the molecule is Cc1cc(NCC(O)CO)c(O)c([N+](=O)[O-])c1. The van der Waals surface area contributed by atoms with Gasteiger partial charge in [-0.05, 0) is 18.6 Å². The smallest absolute Gasteiger partial charge is 0.313 e. The van der Waals surface area contributed by atoms with Crippen LogP contribution in [0, 0.1) is 17.0 Å². The Labute approximate surface area is 97.5 Å². The Balaban J connectivity index is 2.95. The number of phenolic OH excluding ortho intramolecular Hbond substituents is 1. The minimum atomic E-state index is -0.992. The van der Waals surface area contributed by atoms with E-state index < -0.39 is 29.1 Å². The minimum Gasteiger partial charge on any atom is -0.501 e. The van der Waals surface area contributed by atoms with Crippen LogP contribution < -0.4 is 5.32 Å². The van der Waals surface area contributed by atoms with E-state index in [4.69, 9.17) is 10.2 Å². The lowest BCUT2D eigenvalue weighted by atomic mass is 10.1. The van der Waals surface area contributed by atoms with Crippen LogP contribution in [0.3, 0.4) is 0 Å². The van der Waals surface area contributed by atoms with Crippen molar-refractivity contribution in [1.29, 1.82) is 0 Å². The van der Waals surface area contributed by atoms with Crippen LogP contribution in [0.4, 0.5) is 11.4 Å². The molecule has 0 saturated carbocycles. The molecule has 4 N–H and O–H groups in total. The van der Waals surface area contributed by atoms with Gasteiger partial charge in [-0.2, -0.15) is 0 Å². The maximum absolute atomic E-state index is 10.6. The number of aryl methyl sites for hydroxylation is 1. The summed E-state index contributed by atoms with van der Waals surface area (Å²) in [5.74, 6) is -0.481. The van der Waals surface area contributed by atoms with Crippen molar-refractivity contribution in [3.8, 4) is 5.75 Å². The number of anilines is 1. The number of hydrogen-bond acceptors (Lipinski definition) is 6. The molecule has 1 aromatic carbocycles. The highest BCUT2D eigenvalue weighted by Crippen LogP contribution is 2.34. The highest BCUT2D eigenvalue weighted by atomic mass is 16.6. The van der Waals surface area contributed by atoms with Crippen LogP contribution >= 0.6 is 0 Å². The molecule has 17 heavy (non-hydrogen) atoms. The molecule has 1 rings (SSSR count). The molecule has 0 saturated heterocycles. The third-order valence-corrected chi connectivity index (χ3v) is 2.17. The number of nitrogens with zero attached hydrogens (tertiary/aromatic N) is 1. The van der Waals surface area contributed by atoms with Gasteiger partial charge in [-0.3, -0.25) is 10.1 Å². The summed E-state index contributed by atoms with van der Waals surface area (Å²) in [5.41, 5.74) is 0.366. The standard InChI is InChI=1S/C10H14N2O5/c1-6-2-8(11-4-7(14)5-13)10(15)9(3-6)12(16)17/h2-3,7,11,13-15H,4-5H2,1H3. The van der Waals surface area contributed by atoms with Crippen LogP contribution in [0.25, 0.3) is 0 Å². The number of aromatic hydroxyl groups is 1. The molecule has 94 valence electrons. The minimum absolute atomic E-state index is 0.00926. The summed E-state index contributed by atoms with van der Waals surface area (Å²) in [4.78, 5) is 9.96. The van der Waals surface area contributed by atoms with Crippen LogP contribution in [0.5, 0.6) is 5.75 Å². The van der Waals surface area contributed by atoms with E-state index in [9.17, 15) is 15.2 Å². The molecule has 0 radical (unpaired) electrons. The third kappa shape index (κ3) is 3.30. The summed E-state index contributed by atoms with van der Waals surface area (Å²) in [7, 11) is 0. The fraction of sp³-hybridized carbons (Fsp3) is 0.400. The Kier molecular flexibility index (Phi) is 4.24. The van der Waals surface area contributed by atoms with Gasteiger partial charge < -0.3 is 20.6 Å². The van der Waals surface area contributed by atoms with Gasteiger partial charge in [-0.25, -0.2) is 0 Å². The van der Waals surface area contributed by atoms with Gasteiger partial charge in [0.2, 0.25) is 5.75 Å². The van der Waals surface area contributed by atoms with E-state index in [1.54, 1.807) is 6.92 Å². The predicted molar refractivity (Wildman–Crippen MR) is 61.1 cm³/mol. The summed E-state index contributed by atoms with van der Waals surface area (Å²) in [6.07, 6.45) is -0.992. The molecule has 1 unspecified atom stereocenters. The Morgan fingerprint density at radius 1 is 1.53 bits per heavy atom. The molecule has 0 aliphatic rings. The first kappa shape index (κ1) is 13.2. The lowest BCUT2D eigenvalue weighted by molar-refractivity contribution is -0.385. The average molecular weight is 242 g/mol. The van der Waals surface area contributed by atoms with Crippen molar-refractivity contribution in [3.63, 3.8) is 0 Å². The van der Waals surface area contributed by atoms with Crippen LogP contribution in [-0.4, -0.2) is 39.5 Å². The number of nitrogens with one attached hydrogen (secondary N) is 1. The molecule has 0 aliphatic carbocycles. The first-order valence-corrected chi connectivity index (χ1v) is 4.96. The van der Waals surface area contributed by atoms with E-state index in [0.29, 0.717) is 5.56 Å². The molecule has 7 nitrogen and oxygen atoms in total. The molecule has 0 bridgehead atoms. The fourth-order valence-corrected chi connectivity index (χ4v) is 1.33. The Bertz CT molecular complexity index is 421. The van der Waals surface area contributed by atoms with Gasteiger partial charge in [-0.1, -0.05) is 0 Å². The predicted octanol–water partition coefficient (Wildman–Crippen LogP) is 0.374. The second kappa shape index (κ2) is 5.46. The molecule has 0 heterocycles. The summed E-state index contributed by atoms with van der Waals surface area (Å²) < 4.78 is 0. The van der Waals surface area contributed by atoms with Crippen LogP contribution in [0.15, 0.2) is 12.1 Å². The highest BCUT2D eigenvalue weighted by molar-refractivity contribution is 5.67. The fourth-order valence-electron chi connectivity index (χ4n) is 1.33. The van der Waals surface area contributed by atoms with Crippen LogP contribution in [-0.2, 0) is 0 Å². The van der Waals surface area contributed by atoms with Gasteiger partial charge in [0.25, 0.3) is 0 Å². The number of rotatable bonds is 5. The second-order valence-electron chi connectivity index (χ2n) is 3.65. The van der Waals surface area contributed by atoms with Crippen molar-refractivity contribution in [2.24, 2.45) is 0 Å². The molecular weight excluding hydrogens is 228 g/mol. The van der Waals surface area contributed by atoms with Crippen LogP contribution in [0.1, 0.15) is 5.56 Å². The number of benzene rings is 1. The normalized spacial score (nSPS) is 12.2. The third-order valence-electron chi connectivity index (χ3n) is 2.17. The first-order chi connectivity index (χ1) is 7.95. The topological polar surface area (TPSA) is 116 Å². The zero-order chi connectivity index (χ0) is 13.0. The van der Waals surface area contributed by atoms with Crippen molar-refractivity contribution < 1.29 is 20.2 Å². The number of aliphatic hydroxyl groups is 2. The van der Waals surface area contributed by atoms with Gasteiger partial charge >= 0.3 is 5.69 Å². The number of phenols is 1. The summed E-state index contributed by atoms with van der Waals surface area (Å²) in [6, 6.07) is 2.77. The monoisotopic (exact) mass is 242 g/mol. The van der Waals surface area contributed by atoms with Gasteiger partial charge in [0.15, 0.2) is 0 Å². The Morgan fingerprint density at radius 3 is 2.71 bits per heavy atom. The number of nitro groups is 1. The van der Waals surface area contributed by atoms with E-state index in [0.717, 1.165) is 0 Å². The molecule has 0 amide bonds. The molecule has 1 aromatic rings. The summed E-state index contributed by atoms with van der Waals surface area (Å²) in [5, 5.41) is 40.7. The van der Waals surface area contributed by atoms with E-state index in [-0.39, 0.29) is 12.2 Å². The number of aliphatic hydroxyl groups excluding tert-OH is 2. The van der Waals surface area contributed by atoms with Crippen molar-refractivity contribution >= 4 is 11.4 Å². The Morgan fingerprint density at radius 2 is 2.18 bits per heavy atom. The van der Waals surface area contributed by atoms with Crippen molar-refractivity contribution in [2.75, 3.05) is 18.5 Å². The molecule has 7 heteroatoms. The second-order valence-corrected chi connectivity index (χ2v) is 3.65. The lowest BCUT2D eigenvalue weighted by Crippen LogP contribution is -2.23. The van der Waals surface area contributed by atoms with Gasteiger partial charge in [0, 0.05) is 12.6 Å². The largest absolute Gasteiger partial charge is 0.501 e. The molecule has 0 aliphatic heterocycles. The number of hydrogen-bond donors (Lipinski definition) is 4. The zero-order valence-electron chi connectivity index (χ0n) is 9.25. The molecule has 0 aromatic heterocycles. The summed E-state index contributed by atoms with van der Waals surface area (Å²) >= 11 is 0. The maximum Gasteiger partial charge on any atom is 0.313 e. The van der Waals surface area contributed by atoms with Gasteiger partial charge in [0.05, 0.1) is 23.3 Å².